The molecule has 0 saturated carbocycles. The first-order valence-corrected chi connectivity index (χ1v) is 9.37. The van der Waals surface area contributed by atoms with Gasteiger partial charge in [0.15, 0.2) is 0 Å². The molecule has 8 heteroatoms. The summed E-state index contributed by atoms with van der Waals surface area (Å²) in [6.07, 6.45) is 3.64. The zero-order chi connectivity index (χ0) is 22.0. The van der Waals surface area contributed by atoms with E-state index in [1.54, 1.807) is 30.5 Å². The van der Waals surface area contributed by atoms with Gasteiger partial charge in [0.05, 0.1) is 9.85 Å². The molecule has 8 nitrogen and oxygen atoms in total. The lowest BCUT2D eigenvalue weighted by Gasteiger charge is -1.95. The fourth-order valence-electron chi connectivity index (χ4n) is 2.54. The van der Waals surface area contributed by atoms with Crippen LogP contribution in [-0.2, 0) is 7.05 Å². The first kappa shape index (κ1) is 23.4. The van der Waals surface area contributed by atoms with Crippen LogP contribution in [0.2, 0.25) is 0 Å². The molecule has 0 fully saturated rings. The summed E-state index contributed by atoms with van der Waals surface area (Å²) in [5.41, 5.74) is 2.19. The highest BCUT2D eigenvalue weighted by molar-refractivity contribution is 5.82. The minimum atomic E-state index is -0.396. The molecule has 1 N–H and O–H groups in total. The van der Waals surface area contributed by atoms with Gasteiger partial charge in [0.1, 0.15) is 0 Å². The summed E-state index contributed by atoms with van der Waals surface area (Å²) in [6.45, 7) is 8.00. The number of aromatic nitrogens is 2. The second-order valence-electron chi connectivity index (χ2n) is 5.43. The first-order valence-electron chi connectivity index (χ1n) is 9.37. The molecule has 4 aromatic rings. The first-order chi connectivity index (χ1) is 14.0. The van der Waals surface area contributed by atoms with Gasteiger partial charge in [-0.05, 0) is 24.3 Å². The number of aryl methyl sites for hydroxylation is 1. The average Bonchev–Trinajstić information content (AvgIpc) is 3.37. The van der Waals surface area contributed by atoms with Gasteiger partial charge in [-0.25, -0.2) is 0 Å². The maximum atomic E-state index is 10.5. The van der Waals surface area contributed by atoms with Crippen LogP contribution in [0.5, 0.6) is 0 Å². The second-order valence-corrected chi connectivity index (χ2v) is 5.43. The molecule has 2 aromatic heterocycles. The quantitative estimate of drug-likeness (QED) is 0.319. The number of fused-ring (bicyclic) bond motifs is 2. The fraction of sp³-hybridized carbons (Fsp3) is 0.238. The molecule has 0 amide bonds. The number of nitro groups is 2. The molecule has 0 atom stereocenters. The highest BCUT2D eigenvalue weighted by Gasteiger charge is 2.07. The SMILES string of the molecule is CC.CC.Cn1ccc2cc([N+](=O)[O-])ccc21.O=[N+]([O-])c1ccc2[nH]ccc2c1. The zero-order valence-electron chi connectivity index (χ0n) is 17.2. The number of rotatable bonds is 2. The highest BCUT2D eigenvalue weighted by Crippen LogP contribution is 2.21. The van der Waals surface area contributed by atoms with Crippen LogP contribution in [0, 0.1) is 20.2 Å². The van der Waals surface area contributed by atoms with E-state index in [4.69, 9.17) is 0 Å². The Hall–Kier alpha value is -3.68. The van der Waals surface area contributed by atoms with Gasteiger partial charge in [0.25, 0.3) is 11.4 Å². The number of H-pyrrole nitrogens is 1. The van der Waals surface area contributed by atoms with Crippen molar-refractivity contribution >= 4 is 33.2 Å². The number of nitro benzene ring substituents is 2. The van der Waals surface area contributed by atoms with Gasteiger partial charge < -0.3 is 9.55 Å². The molecular weight excluding hydrogens is 372 g/mol. The number of nitrogens with one attached hydrogen (secondary N) is 1. The monoisotopic (exact) mass is 398 g/mol. The lowest BCUT2D eigenvalue weighted by atomic mass is 10.2. The molecule has 0 saturated heterocycles. The van der Waals surface area contributed by atoms with Crippen molar-refractivity contribution in [1.82, 2.24) is 9.55 Å². The summed E-state index contributed by atoms with van der Waals surface area (Å²) in [6, 6.07) is 13.3. The molecule has 29 heavy (non-hydrogen) atoms. The Bertz CT molecular complexity index is 1080. The lowest BCUT2D eigenvalue weighted by molar-refractivity contribution is -0.384. The molecule has 0 bridgehead atoms. The predicted molar refractivity (Wildman–Crippen MR) is 117 cm³/mol. The summed E-state index contributed by atoms with van der Waals surface area (Å²) in [7, 11) is 1.91. The summed E-state index contributed by atoms with van der Waals surface area (Å²) in [4.78, 5) is 23.0. The summed E-state index contributed by atoms with van der Waals surface area (Å²) >= 11 is 0. The third-order valence-corrected chi connectivity index (χ3v) is 3.83. The molecule has 154 valence electrons. The Labute approximate surface area is 169 Å². The molecule has 0 spiro atoms. The highest BCUT2D eigenvalue weighted by atomic mass is 16.6. The van der Waals surface area contributed by atoms with Crippen molar-refractivity contribution in [3.8, 4) is 0 Å². The predicted octanol–water partition coefficient (Wildman–Crippen LogP) is 6.22. The Morgan fingerprint density at radius 1 is 0.793 bits per heavy atom. The van der Waals surface area contributed by atoms with E-state index in [0.717, 1.165) is 21.8 Å². The van der Waals surface area contributed by atoms with E-state index < -0.39 is 4.92 Å². The third kappa shape index (κ3) is 5.90. The van der Waals surface area contributed by atoms with Gasteiger partial charge >= 0.3 is 0 Å². The average molecular weight is 398 g/mol. The molecule has 0 radical (unpaired) electrons. The zero-order valence-corrected chi connectivity index (χ0v) is 17.2. The second kappa shape index (κ2) is 11.2. The van der Waals surface area contributed by atoms with E-state index in [2.05, 4.69) is 4.98 Å². The van der Waals surface area contributed by atoms with Gasteiger partial charge in [-0.3, -0.25) is 20.2 Å². The van der Waals surface area contributed by atoms with Crippen molar-refractivity contribution in [3.63, 3.8) is 0 Å². The van der Waals surface area contributed by atoms with Crippen LogP contribution >= 0.6 is 0 Å². The third-order valence-electron chi connectivity index (χ3n) is 3.83. The van der Waals surface area contributed by atoms with Gasteiger partial charge in [0, 0.05) is 65.5 Å². The molecule has 0 aliphatic carbocycles. The van der Waals surface area contributed by atoms with Crippen molar-refractivity contribution in [2.45, 2.75) is 27.7 Å². The van der Waals surface area contributed by atoms with E-state index in [1.165, 1.54) is 12.1 Å². The van der Waals surface area contributed by atoms with E-state index in [1.807, 2.05) is 57.6 Å². The maximum Gasteiger partial charge on any atom is 0.270 e. The Morgan fingerprint density at radius 2 is 1.34 bits per heavy atom. The molecule has 0 aliphatic heterocycles. The smallest absolute Gasteiger partial charge is 0.270 e. The summed E-state index contributed by atoms with van der Waals surface area (Å²) < 4.78 is 1.93. The lowest BCUT2D eigenvalue weighted by Crippen LogP contribution is -1.88. The number of nitrogens with zero attached hydrogens (tertiary/aromatic N) is 3. The van der Waals surface area contributed by atoms with E-state index in [9.17, 15) is 20.2 Å². The number of benzene rings is 2. The number of hydrogen-bond donors (Lipinski definition) is 1. The van der Waals surface area contributed by atoms with Gasteiger partial charge in [-0.15, -0.1) is 0 Å². The molecule has 4 rings (SSSR count). The van der Waals surface area contributed by atoms with Crippen molar-refractivity contribution in [2.24, 2.45) is 7.05 Å². The van der Waals surface area contributed by atoms with Crippen molar-refractivity contribution < 1.29 is 9.85 Å². The van der Waals surface area contributed by atoms with E-state index >= 15 is 0 Å². The largest absolute Gasteiger partial charge is 0.361 e. The molecule has 2 aromatic carbocycles. The van der Waals surface area contributed by atoms with Crippen LogP contribution in [0.15, 0.2) is 60.9 Å². The maximum absolute atomic E-state index is 10.5. The van der Waals surface area contributed by atoms with Crippen LogP contribution in [-0.4, -0.2) is 19.4 Å². The van der Waals surface area contributed by atoms with Crippen molar-refractivity contribution in [1.29, 1.82) is 0 Å². The standard InChI is InChI=1S/C9H8N2O2.C8H6N2O2.2C2H6/c1-10-5-4-7-6-8(11(12)13)2-3-9(7)10;11-10(12)7-1-2-8-6(5-7)3-4-9-8;2*1-2/h2-6H,1H3;1-5,9H;2*1-2H3. The van der Waals surface area contributed by atoms with E-state index in [0.29, 0.717) is 0 Å². The Kier molecular flexibility index (Phi) is 9.04. The topological polar surface area (TPSA) is 107 Å². The van der Waals surface area contributed by atoms with E-state index in [-0.39, 0.29) is 16.3 Å². The fourth-order valence-corrected chi connectivity index (χ4v) is 2.54. The van der Waals surface area contributed by atoms with Gasteiger partial charge in [-0.1, -0.05) is 27.7 Å². The summed E-state index contributed by atoms with van der Waals surface area (Å²) in [5, 5.41) is 22.6. The molecule has 0 aliphatic rings. The molecular formula is C21H26N4O4. The Balaban J connectivity index is 0.000000248. The van der Waals surface area contributed by atoms with Gasteiger partial charge in [-0.2, -0.15) is 0 Å². The van der Waals surface area contributed by atoms with Crippen LogP contribution in [0.3, 0.4) is 0 Å². The number of aromatic amines is 1. The number of hydrogen-bond acceptors (Lipinski definition) is 4. The minimum Gasteiger partial charge on any atom is -0.361 e. The normalized spacial score (nSPS) is 9.41. The number of non-ortho nitro benzene ring substituents is 2. The molecule has 2 heterocycles. The van der Waals surface area contributed by atoms with Gasteiger partial charge in [0.2, 0.25) is 0 Å². The van der Waals surface area contributed by atoms with Crippen LogP contribution in [0.25, 0.3) is 21.8 Å². The minimum absolute atomic E-state index is 0.127. The van der Waals surface area contributed by atoms with Crippen molar-refractivity contribution in [2.75, 3.05) is 0 Å². The van der Waals surface area contributed by atoms with Crippen LogP contribution < -0.4 is 0 Å². The Morgan fingerprint density at radius 3 is 1.93 bits per heavy atom. The molecule has 0 unspecified atom stereocenters. The van der Waals surface area contributed by atoms with Crippen LogP contribution in [0.4, 0.5) is 11.4 Å². The van der Waals surface area contributed by atoms with Crippen molar-refractivity contribution in [3.05, 3.63) is 81.2 Å². The summed E-state index contributed by atoms with van der Waals surface area (Å²) in [5.74, 6) is 0. The van der Waals surface area contributed by atoms with Crippen LogP contribution in [0.1, 0.15) is 27.7 Å².